The molecule has 0 saturated heterocycles. The van der Waals surface area contributed by atoms with E-state index in [0.717, 1.165) is 10.2 Å². The van der Waals surface area contributed by atoms with Crippen molar-refractivity contribution in [2.45, 2.75) is 62.6 Å². The number of carbonyl (C=O) groups is 1. The Balaban J connectivity index is 1.61. The first-order valence-electron chi connectivity index (χ1n) is 11.2. The Morgan fingerprint density at radius 3 is 2.51 bits per heavy atom. The van der Waals surface area contributed by atoms with Gasteiger partial charge in [0.25, 0.3) is 10.0 Å². The first-order valence-corrected chi connectivity index (χ1v) is 12.6. The number of ether oxygens (including phenoxy) is 1. The number of nitrogens with one attached hydrogen (secondary N) is 2. The Bertz CT molecular complexity index is 1360. The fourth-order valence-corrected chi connectivity index (χ4v) is 5.49. The number of carbonyl (C=O) groups excluding carboxylic acids is 1. The summed E-state index contributed by atoms with van der Waals surface area (Å²) in [6.45, 7) is 5.34. The summed E-state index contributed by atoms with van der Waals surface area (Å²) in [5, 5.41) is 18.1. The Morgan fingerprint density at radius 1 is 1.17 bits per heavy atom. The van der Waals surface area contributed by atoms with Crippen molar-refractivity contribution in [1.82, 2.24) is 14.3 Å². The first-order chi connectivity index (χ1) is 16.5. The third-order valence-corrected chi connectivity index (χ3v) is 7.34. The van der Waals surface area contributed by atoms with Crippen LogP contribution in [0.1, 0.15) is 40.0 Å². The lowest BCUT2D eigenvalue weighted by Crippen LogP contribution is -2.38. The quantitative estimate of drug-likeness (QED) is 0.380. The summed E-state index contributed by atoms with van der Waals surface area (Å²) >= 11 is 0. The Hall–Kier alpha value is -3.67. The van der Waals surface area contributed by atoms with Gasteiger partial charge in [-0.2, -0.15) is 0 Å². The van der Waals surface area contributed by atoms with E-state index in [9.17, 15) is 23.3 Å². The number of nitrogens with zero attached hydrogens (tertiary/aromatic N) is 3. The van der Waals surface area contributed by atoms with Crippen molar-refractivity contribution in [1.29, 1.82) is 0 Å². The van der Waals surface area contributed by atoms with Crippen molar-refractivity contribution < 1.29 is 22.9 Å². The zero-order valence-corrected chi connectivity index (χ0v) is 20.4. The van der Waals surface area contributed by atoms with Crippen molar-refractivity contribution in [3.8, 4) is 0 Å². The monoisotopic (exact) mass is 501 g/mol. The molecule has 3 aromatic rings. The molecule has 1 aliphatic carbocycles. The molecule has 4 rings (SSSR count). The van der Waals surface area contributed by atoms with E-state index in [0.29, 0.717) is 24.6 Å². The lowest BCUT2D eigenvalue weighted by atomic mass is 10.2. The highest BCUT2D eigenvalue weighted by atomic mass is 32.2. The van der Waals surface area contributed by atoms with Crippen LogP contribution in [0.2, 0.25) is 0 Å². The van der Waals surface area contributed by atoms with Gasteiger partial charge in [-0.1, -0.05) is 18.2 Å². The molecule has 186 valence electrons. The summed E-state index contributed by atoms with van der Waals surface area (Å²) in [7, 11) is -3.94. The van der Waals surface area contributed by atoms with Crippen molar-refractivity contribution >= 4 is 38.5 Å². The number of amides is 1. The van der Waals surface area contributed by atoms with Gasteiger partial charge in [0.05, 0.1) is 15.2 Å². The van der Waals surface area contributed by atoms with Gasteiger partial charge < -0.3 is 15.4 Å². The molecule has 2 aromatic heterocycles. The van der Waals surface area contributed by atoms with Gasteiger partial charge >= 0.3 is 11.8 Å². The van der Waals surface area contributed by atoms with Crippen molar-refractivity contribution in [3.63, 3.8) is 0 Å². The summed E-state index contributed by atoms with van der Waals surface area (Å²) in [4.78, 5) is 27.5. The number of fused-ring (bicyclic) bond motifs is 1. The van der Waals surface area contributed by atoms with Gasteiger partial charge in [-0.05, 0) is 58.2 Å². The standard InChI is InChI=1S/C23H27N5O6S/c1-23(2,3)34-22(29)26-16-10-9-15(13-16)25-20-18-11-12-27(21(18)24-14-19(20)28(30)31)35(32,33)17-7-5-4-6-8-17/h4-8,11-12,14-16H,9-10,13H2,1-3H3,(H,24,25)(H,26,29)/t15-,16+/m0/s1. The molecule has 0 bridgehead atoms. The first kappa shape index (κ1) is 24.5. The Kier molecular flexibility index (Phi) is 6.41. The molecule has 0 spiro atoms. The summed E-state index contributed by atoms with van der Waals surface area (Å²) in [5.74, 6) is 0. The van der Waals surface area contributed by atoms with Crippen LogP contribution in [0.4, 0.5) is 16.2 Å². The highest BCUT2D eigenvalue weighted by Gasteiger charge is 2.31. The number of alkyl carbamates (subject to hydrolysis) is 1. The zero-order chi connectivity index (χ0) is 25.4. The minimum atomic E-state index is -3.94. The molecule has 2 N–H and O–H groups in total. The molecule has 0 radical (unpaired) electrons. The fraction of sp³-hybridized carbons (Fsp3) is 0.391. The molecule has 2 heterocycles. The van der Waals surface area contributed by atoms with Gasteiger partial charge in [-0.15, -0.1) is 0 Å². The molecule has 1 fully saturated rings. The average Bonchev–Trinajstić information content (AvgIpc) is 3.40. The van der Waals surface area contributed by atoms with Crippen molar-refractivity contribution in [2.75, 3.05) is 5.32 Å². The van der Waals surface area contributed by atoms with E-state index in [1.54, 1.807) is 39.0 Å². The molecule has 0 unspecified atom stereocenters. The van der Waals surface area contributed by atoms with Gasteiger partial charge in [0.15, 0.2) is 5.65 Å². The molecular weight excluding hydrogens is 474 g/mol. The second-order valence-corrected chi connectivity index (χ2v) is 11.3. The Morgan fingerprint density at radius 2 is 1.86 bits per heavy atom. The molecule has 0 aliphatic heterocycles. The van der Waals surface area contributed by atoms with Crippen LogP contribution >= 0.6 is 0 Å². The number of anilines is 1. The topological polar surface area (TPSA) is 145 Å². The normalized spacial score (nSPS) is 18.4. The molecular formula is C23H27N5O6S. The van der Waals surface area contributed by atoms with Gasteiger partial charge in [-0.25, -0.2) is 22.2 Å². The van der Waals surface area contributed by atoms with Gasteiger partial charge in [0, 0.05) is 18.3 Å². The third-order valence-electron chi connectivity index (χ3n) is 5.66. The molecule has 2 atom stereocenters. The van der Waals surface area contributed by atoms with Crippen LogP contribution in [-0.4, -0.2) is 46.1 Å². The second-order valence-electron chi connectivity index (χ2n) is 9.44. The SMILES string of the molecule is CC(C)(C)OC(=O)N[C@@H]1CC[C@H](Nc2c([N+](=O)[O-])cnc3c2ccn3S(=O)(=O)c2ccccc2)C1. The van der Waals surface area contributed by atoms with Crippen LogP contribution in [-0.2, 0) is 14.8 Å². The molecule has 12 heteroatoms. The van der Waals surface area contributed by atoms with Crippen LogP contribution in [0.15, 0.2) is 53.7 Å². The highest BCUT2D eigenvalue weighted by Crippen LogP contribution is 2.36. The molecule has 1 aliphatic rings. The third kappa shape index (κ3) is 5.21. The van der Waals surface area contributed by atoms with Gasteiger partial charge in [0.1, 0.15) is 17.5 Å². The van der Waals surface area contributed by atoms with Crippen LogP contribution < -0.4 is 10.6 Å². The molecule has 1 amide bonds. The van der Waals surface area contributed by atoms with Crippen LogP contribution in [0.3, 0.4) is 0 Å². The predicted octanol–water partition coefficient (Wildman–Crippen LogP) is 4.04. The minimum absolute atomic E-state index is 0.0824. The van der Waals surface area contributed by atoms with E-state index in [1.807, 2.05) is 0 Å². The average molecular weight is 502 g/mol. The number of hydrogen-bond donors (Lipinski definition) is 2. The molecule has 11 nitrogen and oxygen atoms in total. The maximum Gasteiger partial charge on any atom is 0.407 e. The fourth-order valence-electron chi connectivity index (χ4n) is 4.16. The predicted molar refractivity (Wildman–Crippen MR) is 130 cm³/mol. The summed E-state index contributed by atoms with van der Waals surface area (Å²) in [5.41, 5.74) is -0.583. The van der Waals surface area contributed by atoms with Crippen molar-refractivity contribution in [3.05, 3.63) is 58.9 Å². The number of pyridine rings is 1. The molecule has 1 aromatic carbocycles. The van der Waals surface area contributed by atoms with Gasteiger partial charge in [-0.3, -0.25) is 10.1 Å². The largest absolute Gasteiger partial charge is 0.444 e. The minimum Gasteiger partial charge on any atom is -0.444 e. The number of hydrogen-bond acceptors (Lipinski definition) is 8. The highest BCUT2D eigenvalue weighted by molar-refractivity contribution is 7.90. The summed E-state index contributed by atoms with van der Waals surface area (Å²) in [6, 6.07) is 9.07. The van der Waals surface area contributed by atoms with Crippen LogP contribution in [0.25, 0.3) is 11.0 Å². The number of rotatable bonds is 6. The van der Waals surface area contributed by atoms with E-state index >= 15 is 0 Å². The lowest BCUT2D eigenvalue weighted by molar-refractivity contribution is -0.384. The maximum atomic E-state index is 13.1. The van der Waals surface area contributed by atoms with Crippen LogP contribution in [0, 0.1) is 10.1 Å². The number of benzene rings is 1. The molecule has 35 heavy (non-hydrogen) atoms. The van der Waals surface area contributed by atoms with E-state index in [4.69, 9.17) is 4.74 Å². The van der Waals surface area contributed by atoms with E-state index in [-0.39, 0.29) is 34.0 Å². The van der Waals surface area contributed by atoms with E-state index < -0.39 is 26.6 Å². The zero-order valence-electron chi connectivity index (χ0n) is 19.6. The number of nitro groups is 1. The summed E-state index contributed by atoms with van der Waals surface area (Å²) in [6.07, 6.45) is 3.75. The smallest absolute Gasteiger partial charge is 0.407 e. The van der Waals surface area contributed by atoms with Gasteiger partial charge in [0.2, 0.25) is 0 Å². The van der Waals surface area contributed by atoms with E-state index in [2.05, 4.69) is 15.6 Å². The van der Waals surface area contributed by atoms with Crippen molar-refractivity contribution in [2.24, 2.45) is 0 Å². The number of aromatic nitrogens is 2. The summed E-state index contributed by atoms with van der Waals surface area (Å²) < 4.78 is 32.6. The maximum absolute atomic E-state index is 13.1. The van der Waals surface area contributed by atoms with Crippen LogP contribution in [0.5, 0.6) is 0 Å². The lowest BCUT2D eigenvalue weighted by Gasteiger charge is -2.22. The molecule has 1 saturated carbocycles. The van der Waals surface area contributed by atoms with E-state index in [1.165, 1.54) is 24.4 Å². The second kappa shape index (κ2) is 9.17. The Labute approximate surface area is 202 Å².